The van der Waals surface area contributed by atoms with Gasteiger partial charge in [-0.2, -0.15) is 4.31 Å². The first kappa shape index (κ1) is 26.0. The topological polar surface area (TPSA) is 84.9 Å². The van der Waals surface area contributed by atoms with Gasteiger partial charge in [0.15, 0.2) is 11.5 Å². The molecule has 0 aliphatic carbocycles. The van der Waals surface area contributed by atoms with Crippen LogP contribution >= 0.6 is 0 Å². The van der Waals surface area contributed by atoms with Gasteiger partial charge in [0, 0.05) is 24.3 Å². The fraction of sp³-hybridized carbons (Fsp3) is 0.500. The number of benzene rings is 2. The molecule has 1 fully saturated rings. The van der Waals surface area contributed by atoms with Crippen molar-refractivity contribution >= 4 is 21.6 Å². The third-order valence-corrected chi connectivity index (χ3v) is 7.93. The van der Waals surface area contributed by atoms with E-state index in [1.165, 1.54) is 0 Å². The highest BCUT2D eigenvalue weighted by Gasteiger charge is 2.27. The van der Waals surface area contributed by atoms with Gasteiger partial charge in [0.25, 0.3) is 5.91 Å². The van der Waals surface area contributed by atoms with Gasteiger partial charge in [0.1, 0.15) is 0 Å². The summed E-state index contributed by atoms with van der Waals surface area (Å²) in [6.45, 7) is 7.85. The number of aryl methyl sites for hydroxylation is 1. The maximum Gasteiger partial charge on any atom is 0.255 e. The number of carbonyl (C=O) groups is 1. The molecule has 1 aliphatic rings. The first-order chi connectivity index (χ1) is 16.4. The molecule has 1 N–H and O–H groups in total. The number of amides is 1. The first-order valence-electron chi connectivity index (χ1n) is 12.2. The number of nitrogens with zero attached hydrogens (tertiary/aromatic N) is 1. The van der Waals surface area contributed by atoms with Gasteiger partial charge in [-0.1, -0.05) is 32.3 Å². The zero-order chi connectivity index (χ0) is 24.6. The van der Waals surface area contributed by atoms with Crippen molar-refractivity contribution in [3.8, 4) is 11.5 Å². The molecule has 3 rings (SSSR count). The van der Waals surface area contributed by atoms with Crippen LogP contribution in [0.2, 0.25) is 0 Å². The van der Waals surface area contributed by atoms with Gasteiger partial charge in [-0.3, -0.25) is 4.79 Å². The summed E-state index contributed by atoms with van der Waals surface area (Å²) in [5.74, 6) is 0.774. The van der Waals surface area contributed by atoms with Crippen molar-refractivity contribution < 1.29 is 22.7 Å². The Morgan fingerprint density at radius 1 is 0.971 bits per heavy atom. The number of hydrogen-bond acceptors (Lipinski definition) is 5. The van der Waals surface area contributed by atoms with Gasteiger partial charge in [-0.25, -0.2) is 8.42 Å². The van der Waals surface area contributed by atoms with E-state index in [0.29, 0.717) is 54.6 Å². The number of ether oxygens (including phenoxy) is 2. The Balaban J connectivity index is 1.80. The number of sulfonamides is 1. The van der Waals surface area contributed by atoms with Crippen LogP contribution in [0.4, 0.5) is 5.69 Å². The molecular formula is C26H36N2O5S. The lowest BCUT2D eigenvalue weighted by atomic mass is 10.1. The largest absolute Gasteiger partial charge is 0.490 e. The van der Waals surface area contributed by atoms with E-state index >= 15 is 0 Å². The highest BCUT2D eigenvalue weighted by atomic mass is 32.2. The van der Waals surface area contributed by atoms with Crippen LogP contribution in [0.3, 0.4) is 0 Å². The van der Waals surface area contributed by atoms with Gasteiger partial charge in [0.2, 0.25) is 10.0 Å². The Kier molecular flexibility index (Phi) is 9.36. The van der Waals surface area contributed by atoms with E-state index in [0.717, 1.165) is 38.5 Å². The summed E-state index contributed by atoms with van der Waals surface area (Å²) in [7, 11) is -3.62. The summed E-state index contributed by atoms with van der Waals surface area (Å²) in [6.07, 6.45) is 5.80. The summed E-state index contributed by atoms with van der Waals surface area (Å²) in [4.78, 5) is 13.2. The Morgan fingerprint density at radius 3 is 2.38 bits per heavy atom. The van der Waals surface area contributed by atoms with E-state index in [1.807, 2.05) is 6.92 Å². The summed E-state index contributed by atoms with van der Waals surface area (Å²) >= 11 is 0. The molecule has 1 amide bonds. The highest BCUT2D eigenvalue weighted by Crippen LogP contribution is 2.30. The first-order valence-corrected chi connectivity index (χ1v) is 13.6. The van der Waals surface area contributed by atoms with Crippen LogP contribution in [-0.4, -0.2) is 44.9 Å². The molecule has 2 aromatic carbocycles. The Bertz CT molecular complexity index is 1080. The Morgan fingerprint density at radius 2 is 1.71 bits per heavy atom. The smallest absolute Gasteiger partial charge is 0.255 e. The predicted molar refractivity (Wildman–Crippen MR) is 134 cm³/mol. The molecule has 0 spiro atoms. The third-order valence-electron chi connectivity index (χ3n) is 5.89. The minimum Gasteiger partial charge on any atom is -0.490 e. The van der Waals surface area contributed by atoms with Crippen molar-refractivity contribution in [3.05, 3.63) is 47.5 Å². The van der Waals surface area contributed by atoms with Crippen LogP contribution in [0.25, 0.3) is 0 Å². The number of anilines is 1. The molecular weight excluding hydrogens is 452 g/mol. The lowest BCUT2D eigenvalue weighted by Gasteiger charge is -2.21. The number of hydrogen-bond donors (Lipinski definition) is 1. The quantitative estimate of drug-likeness (QED) is 0.453. The van der Waals surface area contributed by atoms with Crippen molar-refractivity contribution in [1.29, 1.82) is 0 Å². The van der Waals surface area contributed by atoms with E-state index < -0.39 is 10.0 Å². The fourth-order valence-corrected chi connectivity index (χ4v) is 5.71. The standard InChI is InChI=1S/C26H36N2O5S/c1-4-6-17-33-23-14-12-21(18-24(23)32-5-2)26(29)27-22-13-11-20(3)25(19-22)34(30,31)28-15-9-7-8-10-16-28/h11-14,18-19H,4-10,15-17H2,1-3H3,(H,27,29). The summed E-state index contributed by atoms with van der Waals surface area (Å²) in [6, 6.07) is 10.1. The summed E-state index contributed by atoms with van der Waals surface area (Å²) < 4.78 is 39.7. The van der Waals surface area contributed by atoms with E-state index in [9.17, 15) is 13.2 Å². The van der Waals surface area contributed by atoms with Crippen molar-refractivity contribution in [2.45, 2.75) is 64.2 Å². The molecule has 1 saturated heterocycles. The van der Waals surface area contributed by atoms with E-state index in [-0.39, 0.29) is 10.8 Å². The molecule has 0 radical (unpaired) electrons. The SMILES string of the molecule is CCCCOc1ccc(C(=O)Nc2ccc(C)c(S(=O)(=O)N3CCCCCC3)c2)cc1OCC. The van der Waals surface area contributed by atoms with Crippen molar-refractivity contribution in [2.24, 2.45) is 0 Å². The molecule has 0 saturated carbocycles. The fourth-order valence-electron chi connectivity index (χ4n) is 3.94. The Hall–Kier alpha value is -2.58. The maximum absolute atomic E-state index is 13.3. The zero-order valence-corrected chi connectivity index (χ0v) is 21.2. The normalized spacial score (nSPS) is 14.9. The van der Waals surface area contributed by atoms with Crippen molar-refractivity contribution in [1.82, 2.24) is 4.31 Å². The molecule has 34 heavy (non-hydrogen) atoms. The Labute approximate surface area is 203 Å². The van der Waals surface area contributed by atoms with Gasteiger partial charge in [-0.15, -0.1) is 0 Å². The lowest BCUT2D eigenvalue weighted by molar-refractivity contribution is 0.102. The molecule has 8 heteroatoms. The second kappa shape index (κ2) is 12.2. The average molecular weight is 489 g/mol. The monoisotopic (exact) mass is 488 g/mol. The van der Waals surface area contributed by atoms with Crippen LogP contribution in [0.5, 0.6) is 11.5 Å². The molecule has 0 bridgehead atoms. The molecule has 0 unspecified atom stereocenters. The summed E-state index contributed by atoms with van der Waals surface area (Å²) in [5, 5.41) is 2.84. The minimum absolute atomic E-state index is 0.238. The molecule has 186 valence electrons. The van der Waals surface area contributed by atoms with Gasteiger partial charge < -0.3 is 14.8 Å². The van der Waals surface area contributed by atoms with Crippen LogP contribution in [0, 0.1) is 6.92 Å². The van der Waals surface area contributed by atoms with Gasteiger partial charge in [-0.05, 0) is 69.0 Å². The van der Waals surface area contributed by atoms with Gasteiger partial charge in [0.05, 0.1) is 18.1 Å². The third kappa shape index (κ3) is 6.51. The molecule has 0 atom stereocenters. The number of carbonyl (C=O) groups excluding carboxylic acids is 1. The zero-order valence-electron chi connectivity index (χ0n) is 20.4. The predicted octanol–water partition coefficient (Wildman–Crippen LogP) is 5.39. The minimum atomic E-state index is -3.62. The molecule has 1 aliphatic heterocycles. The molecule has 2 aromatic rings. The van der Waals surface area contributed by atoms with Crippen LogP contribution in [0.15, 0.2) is 41.3 Å². The molecule has 7 nitrogen and oxygen atoms in total. The summed E-state index contributed by atoms with van der Waals surface area (Å²) in [5.41, 5.74) is 1.50. The average Bonchev–Trinajstić information content (AvgIpc) is 3.12. The van der Waals surface area contributed by atoms with E-state index in [1.54, 1.807) is 47.6 Å². The molecule has 1 heterocycles. The number of rotatable bonds is 10. The van der Waals surface area contributed by atoms with Crippen LogP contribution in [0.1, 0.15) is 68.3 Å². The van der Waals surface area contributed by atoms with Crippen molar-refractivity contribution in [3.63, 3.8) is 0 Å². The van der Waals surface area contributed by atoms with Gasteiger partial charge >= 0.3 is 0 Å². The van der Waals surface area contributed by atoms with Crippen LogP contribution in [-0.2, 0) is 10.0 Å². The van der Waals surface area contributed by atoms with Crippen LogP contribution < -0.4 is 14.8 Å². The van der Waals surface area contributed by atoms with E-state index in [4.69, 9.17) is 9.47 Å². The second-order valence-electron chi connectivity index (χ2n) is 8.55. The maximum atomic E-state index is 13.3. The van der Waals surface area contributed by atoms with E-state index in [2.05, 4.69) is 12.2 Å². The molecule has 0 aromatic heterocycles. The highest BCUT2D eigenvalue weighted by molar-refractivity contribution is 7.89. The number of nitrogens with one attached hydrogen (secondary N) is 1. The van der Waals surface area contributed by atoms with Crippen molar-refractivity contribution in [2.75, 3.05) is 31.6 Å². The second-order valence-corrected chi connectivity index (χ2v) is 10.5. The number of unbranched alkanes of at least 4 members (excludes halogenated alkanes) is 1. The lowest BCUT2D eigenvalue weighted by Crippen LogP contribution is -2.32.